The lowest BCUT2D eigenvalue weighted by Gasteiger charge is -2.11. The standard InChI is InChI=1S/C14H16BrNO5/c1-21-12-4-3-10(15)8-9(12)2-5-13(18)16-11(6-7-17)14(19)20/h2-5,8,11,17H,6-7H2,1H3,(H,16,18)(H,19,20)/b5-2+/t11-/m0/s1. The van der Waals surface area contributed by atoms with Crippen LogP contribution in [0, 0.1) is 0 Å². The molecule has 7 heteroatoms. The fourth-order valence-corrected chi connectivity index (χ4v) is 1.99. The highest BCUT2D eigenvalue weighted by Crippen LogP contribution is 2.23. The maximum Gasteiger partial charge on any atom is 0.326 e. The number of carbonyl (C=O) groups is 2. The molecule has 114 valence electrons. The number of carbonyl (C=O) groups excluding carboxylic acids is 1. The van der Waals surface area contributed by atoms with Gasteiger partial charge in [0, 0.05) is 29.1 Å². The van der Waals surface area contributed by atoms with Crippen LogP contribution in [-0.4, -0.2) is 41.8 Å². The third kappa shape index (κ3) is 5.57. The number of nitrogens with one attached hydrogen (secondary N) is 1. The molecular formula is C14H16BrNO5. The van der Waals surface area contributed by atoms with Crippen molar-refractivity contribution in [3.63, 3.8) is 0 Å². The molecule has 0 spiro atoms. The van der Waals surface area contributed by atoms with Crippen LogP contribution < -0.4 is 10.1 Å². The Labute approximate surface area is 130 Å². The summed E-state index contributed by atoms with van der Waals surface area (Å²) in [5.41, 5.74) is 0.677. The molecule has 0 saturated heterocycles. The number of ether oxygens (including phenoxy) is 1. The lowest BCUT2D eigenvalue weighted by molar-refractivity contribution is -0.141. The molecule has 1 aromatic rings. The average molecular weight is 358 g/mol. The molecule has 3 N–H and O–H groups in total. The summed E-state index contributed by atoms with van der Waals surface area (Å²) in [7, 11) is 1.52. The number of amides is 1. The van der Waals surface area contributed by atoms with Crippen LogP contribution in [0.1, 0.15) is 12.0 Å². The van der Waals surface area contributed by atoms with Crippen molar-refractivity contribution in [3.05, 3.63) is 34.3 Å². The first-order valence-corrected chi connectivity index (χ1v) is 6.93. The number of carboxylic acid groups (broad SMARTS) is 1. The van der Waals surface area contributed by atoms with Crippen LogP contribution in [0.2, 0.25) is 0 Å². The van der Waals surface area contributed by atoms with Gasteiger partial charge >= 0.3 is 5.97 Å². The van der Waals surface area contributed by atoms with E-state index < -0.39 is 17.9 Å². The van der Waals surface area contributed by atoms with Crippen molar-refractivity contribution in [1.29, 1.82) is 0 Å². The van der Waals surface area contributed by atoms with Crippen LogP contribution in [-0.2, 0) is 9.59 Å². The van der Waals surface area contributed by atoms with Gasteiger partial charge in [0.15, 0.2) is 0 Å². The summed E-state index contributed by atoms with van der Waals surface area (Å²) in [5, 5.41) is 19.9. The highest BCUT2D eigenvalue weighted by atomic mass is 79.9. The first-order valence-electron chi connectivity index (χ1n) is 6.13. The smallest absolute Gasteiger partial charge is 0.326 e. The number of benzene rings is 1. The second-order valence-electron chi connectivity index (χ2n) is 4.13. The van der Waals surface area contributed by atoms with Gasteiger partial charge in [-0.15, -0.1) is 0 Å². The van der Waals surface area contributed by atoms with Gasteiger partial charge in [0.2, 0.25) is 5.91 Å². The van der Waals surface area contributed by atoms with E-state index in [1.807, 2.05) is 0 Å². The number of aliphatic carboxylic acids is 1. The van der Waals surface area contributed by atoms with Gasteiger partial charge in [-0.25, -0.2) is 4.79 Å². The molecule has 0 unspecified atom stereocenters. The van der Waals surface area contributed by atoms with Gasteiger partial charge in [-0.2, -0.15) is 0 Å². The Hall–Kier alpha value is -1.86. The number of rotatable bonds is 7. The summed E-state index contributed by atoms with van der Waals surface area (Å²) < 4.78 is 5.99. The SMILES string of the molecule is COc1ccc(Br)cc1/C=C/C(=O)N[C@@H](CCO)C(=O)O. The normalized spacial score (nSPS) is 12.1. The molecule has 0 aliphatic carbocycles. The molecule has 0 aliphatic rings. The zero-order valence-electron chi connectivity index (χ0n) is 11.4. The third-order valence-corrected chi connectivity index (χ3v) is 3.13. The molecule has 0 bridgehead atoms. The van der Waals surface area contributed by atoms with Gasteiger partial charge in [0.05, 0.1) is 7.11 Å². The molecule has 1 atom stereocenters. The van der Waals surface area contributed by atoms with Crippen LogP contribution in [0.4, 0.5) is 0 Å². The Balaban J connectivity index is 2.78. The van der Waals surface area contributed by atoms with Crippen LogP contribution >= 0.6 is 15.9 Å². The van der Waals surface area contributed by atoms with Gasteiger partial charge in [0.1, 0.15) is 11.8 Å². The van der Waals surface area contributed by atoms with E-state index in [1.54, 1.807) is 18.2 Å². The molecule has 21 heavy (non-hydrogen) atoms. The van der Waals surface area contributed by atoms with Crippen molar-refractivity contribution in [1.82, 2.24) is 5.32 Å². The molecule has 6 nitrogen and oxygen atoms in total. The van der Waals surface area contributed by atoms with E-state index in [-0.39, 0.29) is 13.0 Å². The van der Waals surface area contributed by atoms with Crippen LogP contribution in [0.15, 0.2) is 28.7 Å². The zero-order valence-corrected chi connectivity index (χ0v) is 13.0. The maximum absolute atomic E-state index is 11.7. The predicted molar refractivity (Wildman–Crippen MR) is 81.0 cm³/mol. The van der Waals surface area contributed by atoms with Crippen molar-refractivity contribution >= 4 is 33.9 Å². The zero-order chi connectivity index (χ0) is 15.8. The number of hydrogen-bond acceptors (Lipinski definition) is 4. The molecule has 0 radical (unpaired) electrons. The Bertz CT molecular complexity index is 544. The van der Waals surface area contributed by atoms with Crippen molar-refractivity contribution in [2.75, 3.05) is 13.7 Å². The number of hydrogen-bond donors (Lipinski definition) is 3. The summed E-state index contributed by atoms with van der Waals surface area (Å²) >= 11 is 3.32. The third-order valence-electron chi connectivity index (χ3n) is 2.64. The van der Waals surface area contributed by atoms with Crippen molar-refractivity contribution in [3.8, 4) is 5.75 Å². The lowest BCUT2D eigenvalue weighted by atomic mass is 10.1. The molecule has 1 rings (SSSR count). The first kappa shape index (κ1) is 17.2. The number of carboxylic acids is 1. The Kier molecular flexibility index (Phi) is 6.90. The van der Waals surface area contributed by atoms with Gasteiger partial charge < -0.3 is 20.3 Å². The minimum Gasteiger partial charge on any atom is -0.496 e. The highest BCUT2D eigenvalue weighted by molar-refractivity contribution is 9.10. The summed E-state index contributed by atoms with van der Waals surface area (Å²) in [6, 6.07) is 4.20. The average Bonchev–Trinajstić information content (AvgIpc) is 2.44. The Morgan fingerprint density at radius 2 is 2.19 bits per heavy atom. The second-order valence-corrected chi connectivity index (χ2v) is 5.05. The van der Waals surface area contributed by atoms with Crippen LogP contribution in [0.25, 0.3) is 6.08 Å². The van der Waals surface area contributed by atoms with Crippen molar-refractivity contribution < 1.29 is 24.5 Å². The quantitative estimate of drug-likeness (QED) is 0.641. The van der Waals surface area contributed by atoms with Crippen molar-refractivity contribution in [2.24, 2.45) is 0 Å². The van der Waals surface area contributed by atoms with E-state index in [0.29, 0.717) is 11.3 Å². The molecule has 0 heterocycles. The fraction of sp³-hybridized carbons (Fsp3) is 0.286. The van der Waals surface area contributed by atoms with Gasteiger partial charge in [-0.1, -0.05) is 15.9 Å². The number of aliphatic hydroxyl groups excluding tert-OH is 1. The number of aliphatic hydroxyl groups is 1. The maximum atomic E-state index is 11.7. The molecule has 0 saturated carbocycles. The summed E-state index contributed by atoms with van der Waals surface area (Å²) in [6.07, 6.45) is 2.70. The van der Waals surface area contributed by atoms with E-state index >= 15 is 0 Å². The van der Waals surface area contributed by atoms with Gasteiger partial charge in [-0.3, -0.25) is 4.79 Å². The van der Waals surface area contributed by atoms with E-state index in [2.05, 4.69) is 21.2 Å². The molecule has 0 aliphatic heterocycles. The summed E-state index contributed by atoms with van der Waals surface area (Å²) in [6.45, 7) is -0.319. The largest absolute Gasteiger partial charge is 0.496 e. The molecule has 1 aromatic carbocycles. The van der Waals surface area contributed by atoms with Gasteiger partial charge in [-0.05, 0) is 24.3 Å². The first-order chi connectivity index (χ1) is 9.97. The number of halogens is 1. The minimum atomic E-state index is -1.19. The monoisotopic (exact) mass is 357 g/mol. The molecule has 0 aromatic heterocycles. The summed E-state index contributed by atoms with van der Waals surface area (Å²) in [5.74, 6) is -1.16. The second kappa shape index (κ2) is 8.43. The predicted octanol–water partition coefficient (Wildman–Crippen LogP) is 1.42. The minimum absolute atomic E-state index is 0.0465. The van der Waals surface area contributed by atoms with E-state index in [9.17, 15) is 9.59 Å². The summed E-state index contributed by atoms with van der Waals surface area (Å²) in [4.78, 5) is 22.6. The van der Waals surface area contributed by atoms with E-state index in [0.717, 1.165) is 4.47 Å². The molecular weight excluding hydrogens is 342 g/mol. The lowest BCUT2D eigenvalue weighted by Crippen LogP contribution is -2.40. The highest BCUT2D eigenvalue weighted by Gasteiger charge is 2.17. The van der Waals surface area contributed by atoms with Gasteiger partial charge in [0.25, 0.3) is 0 Å². The van der Waals surface area contributed by atoms with E-state index in [4.69, 9.17) is 14.9 Å². The Morgan fingerprint density at radius 1 is 1.48 bits per heavy atom. The van der Waals surface area contributed by atoms with E-state index in [1.165, 1.54) is 19.3 Å². The van der Waals surface area contributed by atoms with Crippen LogP contribution in [0.3, 0.4) is 0 Å². The molecule has 1 amide bonds. The number of methoxy groups -OCH3 is 1. The fourth-order valence-electron chi connectivity index (χ4n) is 1.61. The van der Waals surface area contributed by atoms with Crippen LogP contribution in [0.5, 0.6) is 5.75 Å². The Morgan fingerprint density at radius 3 is 2.76 bits per heavy atom. The molecule has 0 fully saturated rings. The van der Waals surface area contributed by atoms with Crippen molar-refractivity contribution in [2.45, 2.75) is 12.5 Å². The topological polar surface area (TPSA) is 95.9 Å².